The third-order valence-electron chi connectivity index (χ3n) is 2.31. The largest absolute Gasteiger partial charge is 0.335 e. The van der Waals surface area contributed by atoms with Gasteiger partial charge in [-0.25, -0.2) is 0 Å². The van der Waals surface area contributed by atoms with E-state index in [9.17, 15) is 24.0 Å². The van der Waals surface area contributed by atoms with Gasteiger partial charge in [0.1, 0.15) is 11.8 Å². The van der Waals surface area contributed by atoms with Crippen molar-refractivity contribution in [1.82, 2.24) is 4.57 Å². The van der Waals surface area contributed by atoms with E-state index < -0.39 is 13.8 Å². The van der Waals surface area contributed by atoms with E-state index in [4.69, 9.17) is 0 Å². The zero-order valence-electron chi connectivity index (χ0n) is 7.53. The van der Waals surface area contributed by atoms with Crippen LogP contribution in [0.15, 0.2) is 11.8 Å². The summed E-state index contributed by atoms with van der Waals surface area (Å²) < 4.78 is 0.708. The average Bonchev–Trinajstić information content (AvgIpc) is 2.63. The topological polar surface area (TPSA) is 88.6 Å². The summed E-state index contributed by atoms with van der Waals surface area (Å²) in [6, 6.07) is 0. The molecule has 78 valence electrons. The van der Waals surface area contributed by atoms with Gasteiger partial charge in [0.15, 0.2) is 18.1 Å². The van der Waals surface area contributed by atoms with Gasteiger partial charge >= 0.3 is 8.24 Å². The highest BCUT2D eigenvalue weighted by molar-refractivity contribution is 7.21. The Hall–Kier alpha value is -1.89. The molecule has 0 radical (unpaired) electrons. The maximum atomic E-state index is 10.8. The minimum Gasteiger partial charge on any atom is -0.335 e. The standard InChI is InChI=1S/C8H7NO5Si/c10-3-8(4-11)1-2-15(6-13,7-14)9(8)5-12/h1-7H. The van der Waals surface area contributed by atoms with Crippen molar-refractivity contribution in [2.75, 3.05) is 0 Å². The van der Waals surface area contributed by atoms with Crippen molar-refractivity contribution >= 4 is 39.0 Å². The van der Waals surface area contributed by atoms with Crippen molar-refractivity contribution in [2.45, 2.75) is 5.54 Å². The van der Waals surface area contributed by atoms with Gasteiger partial charge in [-0.1, -0.05) is 11.8 Å². The Balaban J connectivity index is 3.34. The molecule has 1 amide bonds. The van der Waals surface area contributed by atoms with Gasteiger partial charge < -0.3 is 14.2 Å². The molecule has 0 aromatic rings. The fraction of sp³-hybridized carbons (Fsp3) is 0.125. The van der Waals surface area contributed by atoms with Crippen molar-refractivity contribution in [1.29, 1.82) is 0 Å². The number of amides is 1. The summed E-state index contributed by atoms with van der Waals surface area (Å²) in [5.74, 6) is 0.666. The lowest BCUT2D eigenvalue weighted by Crippen LogP contribution is -2.62. The lowest BCUT2D eigenvalue weighted by Gasteiger charge is -2.31. The number of aldehydes is 2. The minimum atomic E-state index is -3.43. The Bertz CT molecular complexity index is 318. The number of hydrogen-bond acceptors (Lipinski definition) is 5. The molecule has 0 unspecified atom stereocenters. The highest BCUT2D eigenvalue weighted by Gasteiger charge is 2.53. The molecular weight excluding hydrogens is 218 g/mol. The normalized spacial score (nSPS) is 20.7. The molecule has 15 heavy (non-hydrogen) atoms. The molecule has 0 bridgehead atoms. The van der Waals surface area contributed by atoms with Gasteiger partial charge in [0.05, 0.1) is 0 Å². The molecule has 0 atom stereocenters. The molecule has 0 fully saturated rings. The number of carbonyl (C=O) groups is 5. The lowest BCUT2D eigenvalue weighted by atomic mass is 10.1. The predicted octanol–water partition coefficient (Wildman–Crippen LogP) is -1.82. The molecule has 0 aromatic heterocycles. The van der Waals surface area contributed by atoms with Crippen LogP contribution in [0.3, 0.4) is 0 Å². The van der Waals surface area contributed by atoms with Crippen LogP contribution in [0.2, 0.25) is 0 Å². The Morgan fingerprint density at radius 2 is 1.53 bits per heavy atom. The Kier molecular flexibility index (Phi) is 2.75. The fourth-order valence-corrected chi connectivity index (χ4v) is 3.55. The van der Waals surface area contributed by atoms with Crippen LogP contribution in [-0.4, -0.2) is 49.1 Å². The number of rotatable bonds is 5. The van der Waals surface area contributed by atoms with Crippen molar-refractivity contribution in [3.05, 3.63) is 11.8 Å². The molecule has 0 saturated carbocycles. The van der Waals surface area contributed by atoms with Crippen LogP contribution >= 0.6 is 0 Å². The van der Waals surface area contributed by atoms with Gasteiger partial charge in [0, 0.05) is 0 Å². The highest BCUT2D eigenvalue weighted by atomic mass is 28.3. The van der Waals surface area contributed by atoms with Gasteiger partial charge in [0.25, 0.3) is 0 Å². The summed E-state index contributed by atoms with van der Waals surface area (Å²) in [6.07, 6.45) is 1.74. The monoisotopic (exact) mass is 225 g/mol. The quantitative estimate of drug-likeness (QED) is 0.312. The van der Waals surface area contributed by atoms with Gasteiger partial charge in [-0.3, -0.25) is 14.4 Å². The minimum absolute atomic E-state index is 0.178. The summed E-state index contributed by atoms with van der Waals surface area (Å²) in [5, 5.41) is 0. The van der Waals surface area contributed by atoms with Crippen molar-refractivity contribution in [3.8, 4) is 0 Å². The third-order valence-corrected chi connectivity index (χ3v) is 5.10. The molecule has 0 saturated heterocycles. The molecule has 6 nitrogen and oxygen atoms in total. The Morgan fingerprint density at radius 1 is 1.00 bits per heavy atom. The molecule has 0 spiro atoms. The van der Waals surface area contributed by atoms with E-state index in [1.54, 1.807) is 0 Å². The zero-order chi connectivity index (χ0) is 11.5. The molecule has 1 aliphatic heterocycles. The van der Waals surface area contributed by atoms with E-state index in [1.165, 1.54) is 5.70 Å². The zero-order valence-corrected chi connectivity index (χ0v) is 8.53. The van der Waals surface area contributed by atoms with Crippen molar-refractivity contribution in [3.63, 3.8) is 0 Å². The molecule has 1 rings (SSSR count). The van der Waals surface area contributed by atoms with Crippen LogP contribution in [0, 0.1) is 0 Å². The maximum Gasteiger partial charge on any atom is 0.320 e. The van der Waals surface area contributed by atoms with Gasteiger partial charge in [-0.2, -0.15) is 0 Å². The van der Waals surface area contributed by atoms with Crippen LogP contribution in [0.25, 0.3) is 0 Å². The first-order valence-electron chi connectivity index (χ1n) is 3.95. The summed E-state index contributed by atoms with van der Waals surface area (Å²) in [5.41, 5.74) is -0.611. The average molecular weight is 225 g/mol. The van der Waals surface area contributed by atoms with E-state index in [1.807, 2.05) is 0 Å². The van der Waals surface area contributed by atoms with E-state index in [2.05, 4.69) is 0 Å². The molecule has 0 aromatic carbocycles. The van der Waals surface area contributed by atoms with Crippen LogP contribution in [-0.2, 0) is 24.0 Å². The van der Waals surface area contributed by atoms with Crippen molar-refractivity contribution in [2.24, 2.45) is 0 Å². The second-order valence-electron chi connectivity index (χ2n) is 3.05. The van der Waals surface area contributed by atoms with E-state index in [0.717, 1.165) is 6.08 Å². The molecule has 0 N–H and O–H groups in total. The summed E-state index contributed by atoms with van der Waals surface area (Å²) in [7, 11) is -3.43. The van der Waals surface area contributed by atoms with E-state index in [-0.39, 0.29) is 19.0 Å². The summed E-state index contributed by atoms with van der Waals surface area (Å²) >= 11 is 0. The van der Waals surface area contributed by atoms with E-state index >= 15 is 0 Å². The Labute approximate surface area is 85.6 Å². The van der Waals surface area contributed by atoms with E-state index in [0.29, 0.717) is 16.4 Å². The second-order valence-corrected chi connectivity index (χ2v) is 6.12. The van der Waals surface area contributed by atoms with Crippen molar-refractivity contribution < 1.29 is 24.0 Å². The molecule has 1 heterocycles. The van der Waals surface area contributed by atoms with Gasteiger partial charge in [-0.05, 0) is 0 Å². The van der Waals surface area contributed by atoms with Crippen LogP contribution < -0.4 is 0 Å². The first kappa shape index (κ1) is 11.2. The maximum absolute atomic E-state index is 10.8. The highest BCUT2D eigenvalue weighted by Crippen LogP contribution is 2.25. The predicted molar refractivity (Wildman–Crippen MR) is 51.2 cm³/mol. The van der Waals surface area contributed by atoms with Crippen LogP contribution in [0.1, 0.15) is 0 Å². The second kappa shape index (κ2) is 3.69. The SMILES string of the molecule is O=CN1C(C=O)(C=O)C=C[Si]1(C=O)C=O. The summed E-state index contributed by atoms with van der Waals surface area (Å²) in [4.78, 5) is 53.9. The molecular formula is C8H7NO5Si. The smallest absolute Gasteiger partial charge is 0.320 e. The molecule has 1 aliphatic rings. The number of hydrogen-bond donors (Lipinski definition) is 0. The van der Waals surface area contributed by atoms with Gasteiger partial charge in [-0.15, -0.1) is 0 Å². The Morgan fingerprint density at radius 3 is 1.87 bits per heavy atom. The first-order valence-corrected chi connectivity index (χ1v) is 6.13. The van der Waals surface area contributed by atoms with Crippen LogP contribution in [0.4, 0.5) is 0 Å². The lowest BCUT2D eigenvalue weighted by molar-refractivity contribution is -0.130. The fourth-order valence-electron chi connectivity index (χ4n) is 1.39. The third kappa shape index (κ3) is 1.28. The molecule has 0 aliphatic carbocycles. The van der Waals surface area contributed by atoms with Gasteiger partial charge in [0.2, 0.25) is 6.41 Å². The molecule has 7 heteroatoms. The first-order chi connectivity index (χ1) is 7.14. The van der Waals surface area contributed by atoms with Crippen LogP contribution in [0.5, 0.6) is 0 Å². The number of carbonyl (C=O) groups excluding carboxylic acids is 5. The summed E-state index contributed by atoms with van der Waals surface area (Å²) in [6.45, 7) is 0. The number of nitrogens with zero attached hydrogens (tertiary/aromatic N) is 1.